The third-order valence-electron chi connectivity index (χ3n) is 9.83. The average Bonchev–Trinajstić information content (AvgIpc) is 3.64. The van der Waals surface area contributed by atoms with Crippen LogP contribution < -0.4 is 0 Å². The van der Waals surface area contributed by atoms with Crippen LogP contribution in [0.3, 0.4) is 0 Å². The fraction of sp³-hybridized carbons (Fsp3) is 0.0682. The molecule has 0 N–H and O–H groups in total. The van der Waals surface area contributed by atoms with E-state index in [0.717, 1.165) is 33.1 Å². The second-order valence-corrected chi connectivity index (χ2v) is 12.5. The van der Waals surface area contributed by atoms with Gasteiger partial charge in [-0.3, -0.25) is 4.98 Å². The molecular weight excluding hydrogens is 558 g/mol. The highest BCUT2D eigenvalue weighted by molar-refractivity contribution is 6.18. The van der Waals surface area contributed by atoms with Crippen LogP contribution in [0.2, 0.25) is 0 Å². The van der Waals surface area contributed by atoms with Gasteiger partial charge in [0.05, 0.1) is 5.41 Å². The second kappa shape index (κ2) is 10.2. The van der Waals surface area contributed by atoms with Crippen molar-refractivity contribution in [3.05, 3.63) is 185 Å². The number of fused-ring (bicyclic) bond motifs is 7. The van der Waals surface area contributed by atoms with Crippen LogP contribution in [-0.4, -0.2) is 4.98 Å². The zero-order valence-electron chi connectivity index (χ0n) is 25.8. The van der Waals surface area contributed by atoms with E-state index >= 15 is 0 Å². The molecule has 0 spiro atoms. The highest BCUT2D eigenvalue weighted by Gasteiger charge is 2.48. The molecule has 0 aliphatic heterocycles. The first-order chi connectivity index (χ1) is 22.6. The normalized spacial score (nSPS) is 13.2. The van der Waals surface area contributed by atoms with E-state index in [-0.39, 0.29) is 0 Å². The first-order valence-electron chi connectivity index (χ1n) is 15.9. The molecule has 46 heavy (non-hydrogen) atoms. The zero-order valence-corrected chi connectivity index (χ0v) is 25.8. The Morgan fingerprint density at radius 3 is 1.80 bits per heavy atom. The van der Waals surface area contributed by atoms with Crippen LogP contribution in [-0.2, 0) is 5.41 Å². The van der Waals surface area contributed by atoms with Crippen molar-refractivity contribution in [2.24, 2.45) is 0 Å². The number of nitrogens with zero attached hydrogens (tertiary/aromatic N) is 1. The number of hydrogen-bond acceptors (Lipinski definition) is 2. The maximum absolute atomic E-state index is 6.90. The lowest BCUT2D eigenvalue weighted by Gasteiger charge is -2.34. The lowest BCUT2D eigenvalue weighted by molar-refractivity contribution is 0.669. The number of benzene rings is 6. The molecule has 0 radical (unpaired) electrons. The van der Waals surface area contributed by atoms with Crippen molar-refractivity contribution in [2.75, 3.05) is 0 Å². The summed E-state index contributed by atoms with van der Waals surface area (Å²) in [5.74, 6) is 0. The van der Waals surface area contributed by atoms with Crippen molar-refractivity contribution < 1.29 is 4.42 Å². The number of aromatic nitrogens is 1. The molecule has 0 bridgehead atoms. The topological polar surface area (TPSA) is 26.0 Å². The van der Waals surface area contributed by atoms with Crippen molar-refractivity contribution in [1.29, 1.82) is 0 Å². The van der Waals surface area contributed by atoms with Crippen LogP contribution in [0.25, 0.3) is 55.3 Å². The van der Waals surface area contributed by atoms with Crippen LogP contribution in [0.15, 0.2) is 156 Å². The van der Waals surface area contributed by atoms with Crippen molar-refractivity contribution in [3.63, 3.8) is 0 Å². The molecule has 0 unspecified atom stereocenters. The van der Waals surface area contributed by atoms with E-state index in [4.69, 9.17) is 4.42 Å². The molecule has 2 heteroatoms. The van der Waals surface area contributed by atoms with Gasteiger partial charge >= 0.3 is 0 Å². The second-order valence-electron chi connectivity index (χ2n) is 12.5. The molecule has 218 valence electrons. The van der Waals surface area contributed by atoms with E-state index in [0.29, 0.717) is 0 Å². The lowest BCUT2D eigenvalue weighted by atomic mass is 9.67. The van der Waals surface area contributed by atoms with Gasteiger partial charge in [0.2, 0.25) is 0 Å². The van der Waals surface area contributed by atoms with Gasteiger partial charge in [0, 0.05) is 28.7 Å². The molecule has 1 aliphatic rings. The molecule has 8 aromatic rings. The third kappa shape index (κ3) is 3.80. The van der Waals surface area contributed by atoms with E-state index in [1.54, 1.807) is 0 Å². The third-order valence-corrected chi connectivity index (χ3v) is 9.83. The van der Waals surface area contributed by atoms with Gasteiger partial charge in [0.25, 0.3) is 0 Å². The fourth-order valence-corrected chi connectivity index (χ4v) is 7.65. The van der Waals surface area contributed by atoms with Gasteiger partial charge in [-0.15, -0.1) is 0 Å². The van der Waals surface area contributed by atoms with Crippen molar-refractivity contribution in [3.8, 4) is 33.4 Å². The van der Waals surface area contributed by atoms with Crippen LogP contribution >= 0.6 is 0 Å². The Bertz CT molecular complexity index is 2350. The van der Waals surface area contributed by atoms with Gasteiger partial charge < -0.3 is 4.42 Å². The molecule has 1 aliphatic carbocycles. The number of pyridine rings is 1. The standard InChI is InChI=1S/C44H31NO/c1-28-11-19-33(20-12-28)44(34-21-13-29(2)14-22-34)38-9-5-3-7-35(38)42-39(44)27-37(41-36-8-4-6-10-40(36)46-43(41)42)32-17-15-30(16-18-32)31-23-25-45-26-24-31/h3-27H,1-2H3. The average molecular weight is 590 g/mol. The SMILES string of the molecule is Cc1ccc(C2(c3ccc(C)cc3)c3ccccc3-c3c2cc(-c2ccc(-c4ccncc4)cc2)c2c3oc3ccccc32)cc1. The summed E-state index contributed by atoms with van der Waals surface area (Å²) in [5, 5.41) is 2.29. The number of furan rings is 1. The zero-order chi connectivity index (χ0) is 30.8. The molecular formula is C44H31NO. The minimum Gasteiger partial charge on any atom is -0.455 e. The van der Waals surface area contributed by atoms with Crippen LogP contribution in [0.5, 0.6) is 0 Å². The van der Waals surface area contributed by atoms with E-state index in [9.17, 15) is 0 Å². The Kier molecular flexibility index (Phi) is 5.88. The minimum absolute atomic E-state index is 0.522. The maximum Gasteiger partial charge on any atom is 0.144 e. The Labute approximate surface area is 268 Å². The summed E-state index contributed by atoms with van der Waals surface area (Å²) in [5.41, 5.74) is 15.9. The van der Waals surface area contributed by atoms with E-state index in [1.165, 1.54) is 55.6 Å². The minimum atomic E-state index is -0.522. The van der Waals surface area contributed by atoms with E-state index in [1.807, 2.05) is 12.4 Å². The van der Waals surface area contributed by atoms with Gasteiger partial charge in [-0.2, -0.15) is 0 Å². The molecule has 0 saturated carbocycles. The Morgan fingerprint density at radius 2 is 1.11 bits per heavy atom. The molecule has 9 rings (SSSR count). The summed E-state index contributed by atoms with van der Waals surface area (Å²) in [4.78, 5) is 4.21. The smallest absolute Gasteiger partial charge is 0.144 e. The van der Waals surface area contributed by atoms with Crippen LogP contribution in [0.1, 0.15) is 33.4 Å². The fourth-order valence-electron chi connectivity index (χ4n) is 7.65. The van der Waals surface area contributed by atoms with Crippen LogP contribution in [0, 0.1) is 13.8 Å². The van der Waals surface area contributed by atoms with E-state index in [2.05, 4.69) is 158 Å². The first kappa shape index (κ1) is 26.7. The first-order valence-corrected chi connectivity index (χ1v) is 15.9. The molecule has 6 aromatic carbocycles. The highest BCUT2D eigenvalue weighted by Crippen LogP contribution is 2.59. The van der Waals surface area contributed by atoms with Gasteiger partial charge in [-0.1, -0.05) is 126 Å². The Balaban J connectivity index is 1.42. The summed E-state index contributed by atoms with van der Waals surface area (Å²) in [6.45, 7) is 4.31. The monoisotopic (exact) mass is 589 g/mol. The van der Waals surface area contributed by atoms with Crippen molar-refractivity contribution >= 4 is 21.9 Å². The summed E-state index contributed by atoms with van der Waals surface area (Å²) in [6, 6.07) is 51.1. The number of rotatable bonds is 4. The molecule has 2 nitrogen and oxygen atoms in total. The predicted molar refractivity (Wildman–Crippen MR) is 189 cm³/mol. The number of aryl methyl sites for hydroxylation is 2. The Morgan fingerprint density at radius 1 is 0.522 bits per heavy atom. The summed E-state index contributed by atoms with van der Waals surface area (Å²) >= 11 is 0. The lowest BCUT2D eigenvalue weighted by Crippen LogP contribution is -2.28. The quantitative estimate of drug-likeness (QED) is 0.204. The molecule has 0 saturated heterocycles. The van der Waals surface area contributed by atoms with Crippen molar-refractivity contribution in [2.45, 2.75) is 19.3 Å². The summed E-state index contributed by atoms with van der Waals surface area (Å²) in [6.07, 6.45) is 3.69. The number of hydrogen-bond donors (Lipinski definition) is 0. The van der Waals surface area contributed by atoms with E-state index < -0.39 is 5.41 Å². The van der Waals surface area contributed by atoms with Gasteiger partial charge in [0.1, 0.15) is 11.2 Å². The van der Waals surface area contributed by atoms with Gasteiger partial charge in [-0.05, 0) is 88.2 Å². The number of para-hydroxylation sites is 1. The van der Waals surface area contributed by atoms with Gasteiger partial charge in [0.15, 0.2) is 0 Å². The molecule has 2 aromatic heterocycles. The molecule has 0 amide bonds. The maximum atomic E-state index is 6.90. The van der Waals surface area contributed by atoms with Gasteiger partial charge in [-0.25, -0.2) is 0 Å². The predicted octanol–water partition coefficient (Wildman–Crippen LogP) is 11.3. The van der Waals surface area contributed by atoms with Crippen molar-refractivity contribution in [1.82, 2.24) is 4.98 Å². The van der Waals surface area contributed by atoms with Crippen LogP contribution in [0.4, 0.5) is 0 Å². The highest BCUT2D eigenvalue weighted by atomic mass is 16.3. The molecule has 0 atom stereocenters. The Hall–Kier alpha value is -5.73. The molecule has 2 heterocycles. The molecule has 0 fully saturated rings. The summed E-state index contributed by atoms with van der Waals surface area (Å²) in [7, 11) is 0. The summed E-state index contributed by atoms with van der Waals surface area (Å²) < 4.78 is 6.90. The largest absolute Gasteiger partial charge is 0.455 e.